The first kappa shape index (κ1) is 21.2. The van der Waals surface area contributed by atoms with Crippen LogP contribution in [0.1, 0.15) is 26.8 Å². The number of rotatable bonds is 8. The van der Waals surface area contributed by atoms with Crippen LogP contribution in [-0.4, -0.2) is 32.6 Å². The number of hydrogen-bond acceptors (Lipinski definition) is 8. The summed E-state index contributed by atoms with van der Waals surface area (Å²) in [6.07, 6.45) is 2.86. The Morgan fingerprint density at radius 2 is 2.21 bits per heavy atom. The maximum Gasteiger partial charge on any atom is 0.290 e. The summed E-state index contributed by atoms with van der Waals surface area (Å²) in [5.74, 6) is -0.0776. The molecule has 0 radical (unpaired) electrons. The number of furan rings is 1. The molecule has 2 heterocycles. The number of aromatic nitrogens is 1. The van der Waals surface area contributed by atoms with E-state index in [2.05, 4.69) is 31.4 Å². The van der Waals surface area contributed by atoms with Crippen LogP contribution in [0.2, 0.25) is 0 Å². The molecular formula is C18H16BrN3O5S2. The standard InChI is InChI=1S/C18H16BrN3O5S2/c1-26-16-5-4-13(19)7-12(16)8-20-22-18(23)15-9-28-17(21-15)11-29(24,25)10-14-3-2-6-27-14/h2-9H,10-11H2,1H3,(H,22,23)/b20-8+. The first-order valence-corrected chi connectivity index (χ1v) is 11.7. The van der Waals surface area contributed by atoms with Crippen molar-refractivity contribution in [1.29, 1.82) is 0 Å². The number of carbonyl (C=O) groups excluding carboxylic acids is 1. The molecule has 2 aromatic heterocycles. The molecule has 0 spiro atoms. The quantitative estimate of drug-likeness (QED) is 0.377. The second-order valence-corrected chi connectivity index (χ2v) is 9.75. The number of hydrogen-bond donors (Lipinski definition) is 1. The molecule has 29 heavy (non-hydrogen) atoms. The normalized spacial score (nSPS) is 11.7. The molecular weight excluding hydrogens is 482 g/mol. The van der Waals surface area contributed by atoms with Gasteiger partial charge in [-0.3, -0.25) is 4.79 Å². The van der Waals surface area contributed by atoms with Crippen LogP contribution < -0.4 is 10.2 Å². The van der Waals surface area contributed by atoms with Gasteiger partial charge in [0, 0.05) is 15.4 Å². The maximum atomic E-state index is 12.2. The largest absolute Gasteiger partial charge is 0.496 e. The summed E-state index contributed by atoms with van der Waals surface area (Å²) >= 11 is 4.46. The second kappa shape index (κ2) is 9.33. The van der Waals surface area contributed by atoms with Crippen molar-refractivity contribution in [2.75, 3.05) is 7.11 Å². The van der Waals surface area contributed by atoms with Crippen LogP contribution in [0.5, 0.6) is 5.75 Å². The molecule has 1 N–H and O–H groups in total. The third kappa shape index (κ3) is 5.99. The van der Waals surface area contributed by atoms with Gasteiger partial charge in [-0.2, -0.15) is 5.10 Å². The molecule has 8 nitrogen and oxygen atoms in total. The van der Waals surface area contributed by atoms with Gasteiger partial charge in [-0.15, -0.1) is 11.3 Å². The highest BCUT2D eigenvalue weighted by atomic mass is 79.9. The number of thiazole rings is 1. The number of benzene rings is 1. The van der Waals surface area contributed by atoms with E-state index >= 15 is 0 Å². The Hall–Kier alpha value is -2.50. The minimum atomic E-state index is -3.46. The first-order valence-electron chi connectivity index (χ1n) is 8.20. The van der Waals surface area contributed by atoms with Crippen molar-refractivity contribution in [2.24, 2.45) is 5.10 Å². The van der Waals surface area contributed by atoms with Crippen molar-refractivity contribution in [3.63, 3.8) is 0 Å². The van der Waals surface area contributed by atoms with Crippen molar-refractivity contribution in [3.05, 3.63) is 68.5 Å². The third-order valence-corrected chi connectivity index (χ3v) is 6.59. The topological polar surface area (TPSA) is 111 Å². The number of halogens is 1. The molecule has 0 unspecified atom stereocenters. The Morgan fingerprint density at radius 1 is 1.38 bits per heavy atom. The van der Waals surface area contributed by atoms with Gasteiger partial charge in [0.15, 0.2) is 9.84 Å². The summed E-state index contributed by atoms with van der Waals surface area (Å²) in [6, 6.07) is 8.60. The number of nitrogens with one attached hydrogen (secondary N) is 1. The maximum absolute atomic E-state index is 12.2. The fraction of sp³-hybridized carbons (Fsp3) is 0.167. The van der Waals surface area contributed by atoms with Crippen LogP contribution in [-0.2, 0) is 21.3 Å². The number of hydrazone groups is 1. The van der Waals surface area contributed by atoms with Gasteiger partial charge < -0.3 is 9.15 Å². The van der Waals surface area contributed by atoms with Crippen LogP contribution in [0.3, 0.4) is 0 Å². The lowest BCUT2D eigenvalue weighted by Crippen LogP contribution is -2.18. The average molecular weight is 498 g/mol. The van der Waals surface area contributed by atoms with Crippen molar-refractivity contribution in [2.45, 2.75) is 11.5 Å². The molecule has 152 valence electrons. The summed E-state index contributed by atoms with van der Waals surface area (Å²) in [4.78, 5) is 16.3. The van der Waals surface area contributed by atoms with Gasteiger partial charge in [-0.05, 0) is 30.3 Å². The lowest BCUT2D eigenvalue weighted by molar-refractivity contribution is 0.0950. The molecule has 0 aliphatic heterocycles. The van der Waals surface area contributed by atoms with Crippen molar-refractivity contribution < 1.29 is 22.4 Å². The minimum Gasteiger partial charge on any atom is -0.496 e. The van der Waals surface area contributed by atoms with Crippen LogP contribution in [0.15, 0.2) is 56.0 Å². The molecule has 0 bridgehead atoms. The number of amides is 1. The molecule has 1 amide bonds. The Morgan fingerprint density at radius 3 is 2.93 bits per heavy atom. The Bertz CT molecular complexity index is 1120. The SMILES string of the molecule is COc1ccc(Br)cc1/C=N/NC(=O)c1csc(CS(=O)(=O)Cc2ccco2)n1. The van der Waals surface area contributed by atoms with Crippen LogP contribution in [0.4, 0.5) is 0 Å². The molecule has 0 saturated heterocycles. The van der Waals surface area contributed by atoms with E-state index < -0.39 is 15.7 Å². The Kier molecular flexibility index (Phi) is 6.83. The molecule has 3 rings (SSSR count). The molecule has 0 aliphatic carbocycles. The summed E-state index contributed by atoms with van der Waals surface area (Å²) in [6.45, 7) is 0. The number of nitrogens with zero attached hydrogens (tertiary/aromatic N) is 2. The Balaban J connectivity index is 1.61. The molecule has 0 fully saturated rings. The number of methoxy groups -OCH3 is 1. The summed E-state index contributed by atoms with van der Waals surface area (Å²) in [7, 11) is -1.92. The second-order valence-electron chi connectivity index (χ2n) is 5.82. The van der Waals surface area contributed by atoms with Crippen LogP contribution in [0, 0.1) is 0 Å². The van der Waals surface area contributed by atoms with Gasteiger partial charge in [-0.1, -0.05) is 15.9 Å². The molecule has 11 heteroatoms. The Labute approximate surface area is 179 Å². The van der Waals surface area contributed by atoms with Gasteiger partial charge in [0.2, 0.25) is 0 Å². The number of sulfone groups is 1. The van der Waals surface area contributed by atoms with Gasteiger partial charge in [-0.25, -0.2) is 18.8 Å². The zero-order valence-corrected chi connectivity index (χ0v) is 18.4. The lowest BCUT2D eigenvalue weighted by Gasteiger charge is -2.04. The van der Waals surface area contributed by atoms with E-state index in [4.69, 9.17) is 9.15 Å². The lowest BCUT2D eigenvalue weighted by atomic mass is 10.2. The van der Waals surface area contributed by atoms with Gasteiger partial charge >= 0.3 is 0 Å². The molecule has 0 atom stereocenters. The number of ether oxygens (including phenoxy) is 1. The average Bonchev–Trinajstić information content (AvgIpc) is 3.33. The van der Waals surface area contributed by atoms with E-state index in [1.165, 1.54) is 25.0 Å². The zero-order chi connectivity index (χ0) is 20.9. The van der Waals surface area contributed by atoms with Crippen molar-refractivity contribution in [3.8, 4) is 5.75 Å². The third-order valence-electron chi connectivity index (χ3n) is 3.63. The summed E-state index contributed by atoms with van der Waals surface area (Å²) < 4.78 is 35.6. The fourth-order valence-corrected chi connectivity index (χ4v) is 5.24. The smallest absolute Gasteiger partial charge is 0.290 e. The summed E-state index contributed by atoms with van der Waals surface area (Å²) in [5, 5.41) is 5.72. The first-order chi connectivity index (χ1) is 13.9. The highest BCUT2D eigenvalue weighted by Crippen LogP contribution is 2.21. The van der Waals surface area contributed by atoms with Crippen LogP contribution in [0.25, 0.3) is 0 Å². The zero-order valence-electron chi connectivity index (χ0n) is 15.2. The molecule has 0 saturated carbocycles. The van der Waals surface area contributed by atoms with Gasteiger partial charge in [0.05, 0.1) is 19.6 Å². The van der Waals surface area contributed by atoms with Gasteiger partial charge in [0.1, 0.15) is 33.7 Å². The van der Waals surface area contributed by atoms with E-state index in [0.29, 0.717) is 22.1 Å². The predicted octanol–water partition coefficient (Wildman–Crippen LogP) is 3.39. The highest BCUT2D eigenvalue weighted by Gasteiger charge is 2.19. The summed E-state index contributed by atoms with van der Waals surface area (Å²) in [5.41, 5.74) is 3.14. The monoisotopic (exact) mass is 497 g/mol. The molecule has 0 aliphatic rings. The van der Waals surface area contributed by atoms with Crippen LogP contribution >= 0.6 is 27.3 Å². The minimum absolute atomic E-state index is 0.0940. The fourth-order valence-electron chi connectivity index (χ4n) is 2.36. The number of carbonyl (C=O) groups is 1. The van der Waals surface area contributed by atoms with E-state index in [-0.39, 0.29) is 17.2 Å². The van der Waals surface area contributed by atoms with Crippen molar-refractivity contribution >= 4 is 49.2 Å². The van der Waals surface area contributed by atoms with Gasteiger partial charge in [0.25, 0.3) is 5.91 Å². The van der Waals surface area contributed by atoms with E-state index in [0.717, 1.165) is 15.8 Å². The van der Waals surface area contributed by atoms with E-state index in [1.807, 2.05) is 6.07 Å². The molecule has 1 aromatic carbocycles. The molecule has 3 aromatic rings. The van der Waals surface area contributed by atoms with E-state index in [9.17, 15) is 13.2 Å². The van der Waals surface area contributed by atoms with E-state index in [1.54, 1.807) is 24.3 Å². The van der Waals surface area contributed by atoms with Crippen molar-refractivity contribution in [1.82, 2.24) is 10.4 Å². The highest BCUT2D eigenvalue weighted by molar-refractivity contribution is 9.10. The predicted molar refractivity (Wildman–Crippen MR) is 113 cm³/mol.